The van der Waals surface area contributed by atoms with Gasteiger partial charge in [-0.05, 0) is 25.7 Å². The molecule has 27 heavy (non-hydrogen) atoms. The Morgan fingerprint density at radius 3 is 2.41 bits per heavy atom. The van der Waals surface area contributed by atoms with Crippen LogP contribution in [0.25, 0.3) is 0 Å². The van der Waals surface area contributed by atoms with E-state index in [9.17, 15) is 18.0 Å². The van der Waals surface area contributed by atoms with Crippen LogP contribution in [0.4, 0.5) is 19.0 Å². The summed E-state index contributed by atoms with van der Waals surface area (Å²) in [6.07, 6.45) is -2.21. The number of piperidine rings is 1. The summed E-state index contributed by atoms with van der Waals surface area (Å²) in [5.41, 5.74) is 0.283. The van der Waals surface area contributed by atoms with Crippen molar-refractivity contribution < 1.29 is 18.0 Å². The summed E-state index contributed by atoms with van der Waals surface area (Å²) in [5, 5.41) is 7.53. The molecule has 2 atom stereocenters. The average molecular weight is 386 g/mol. The predicted octanol–water partition coefficient (Wildman–Crippen LogP) is 4.33. The predicted molar refractivity (Wildman–Crippen MR) is 97.6 cm³/mol. The van der Waals surface area contributed by atoms with Crippen molar-refractivity contribution in [2.24, 2.45) is 5.41 Å². The van der Waals surface area contributed by atoms with Crippen LogP contribution >= 0.6 is 0 Å². The first-order valence-electron chi connectivity index (χ1n) is 9.72. The summed E-state index contributed by atoms with van der Waals surface area (Å²) in [5.74, 6) is 0.663. The SMILES string of the molecule is CC[C@@H]1C[C@H](C(F)(F)F)n2nc(C3CCN(C(=O)C(C)(C)C)CC3)cc2N1. The molecule has 0 aliphatic carbocycles. The van der Waals surface area contributed by atoms with Crippen molar-refractivity contribution in [1.29, 1.82) is 0 Å². The number of carbonyl (C=O) groups is 1. The molecule has 3 rings (SSSR count). The van der Waals surface area contributed by atoms with Gasteiger partial charge in [-0.15, -0.1) is 0 Å². The number of amides is 1. The lowest BCUT2D eigenvalue weighted by Crippen LogP contribution is -2.43. The van der Waals surface area contributed by atoms with E-state index < -0.39 is 17.6 Å². The fraction of sp³-hybridized carbons (Fsp3) is 0.789. The Morgan fingerprint density at radius 1 is 1.26 bits per heavy atom. The minimum atomic E-state index is -4.31. The van der Waals surface area contributed by atoms with E-state index in [2.05, 4.69) is 10.4 Å². The molecule has 1 N–H and O–H groups in total. The monoisotopic (exact) mass is 386 g/mol. The zero-order chi connectivity index (χ0) is 20.0. The largest absolute Gasteiger partial charge is 0.410 e. The highest BCUT2D eigenvalue weighted by Gasteiger charge is 2.46. The standard InChI is InChI=1S/C19H29F3N4O/c1-5-13-10-15(19(20,21)22)26-16(23-13)11-14(24-26)12-6-8-25(9-7-12)17(27)18(2,3)4/h11-13,15,23H,5-10H2,1-4H3/t13-,15-/m1/s1. The van der Waals surface area contributed by atoms with Gasteiger partial charge in [0.25, 0.3) is 0 Å². The molecule has 1 fully saturated rings. The van der Waals surface area contributed by atoms with Gasteiger partial charge in [0.1, 0.15) is 5.82 Å². The molecule has 2 aliphatic heterocycles. The third-order valence-corrected chi connectivity index (χ3v) is 5.62. The number of aromatic nitrogens is 2. The number of hydrogen-bond acceptors (Lipinski definition) is 3. The van der Waals surface area contributed by atoms with Gasteiger partial charge in [-0.2, -0.15) is 18.3 Å². The lowest BCUT2D eigenvalue weighted by Gasteiger charge is -2.35. The highest BCUT2D eigenvalue weighted by Crippen LogP contribution is 2.41. The smallest absolute Gasteiger partial charge is 0.367 e. The van der Waals surface area contributed by atoms with Crippen LogP contribution in [-0.4, -0.2) is 45.9 Å². The molecule has 0 spiro atoms. The summed E-state index contributed by atoms with van der Waals surface area (Å²) in [7, 11) is 0. The van der Waals surface area contributed by atoms with Crippen molar-refractivity contribution in [2.75, 3.05) is 18.4 Å². The van der Waals surface area contributed by atoms with E-state index in [-0.39, 0.29) is 24.3 Å². The highest BCUT2D eigenvalue weighted by atomic mass is 19.4. The van der Waals surface area contributed by atoms with Crippen molar-refractivity contribution >= 4 is 11.7 Å². The van der Waals surface area contributed by atoms with Gasteiger partial charge in [0.05, 0.1) is 5.69 Å². The molecule has 8 heteroatoms. The number of rotatable bonds is 2. The molecule has 3 heterocycles. The van der Waals surface area contributed by atoms with Crippen LogP contribution in [-0.2, 0) is 4.79 Å². The molecule has 1 amide bonds. The summed E-state index contributed by atoms with van der Waals surface area (Å²) < 4.78 is 41.6. The van der Waals surface area contributed by atoms with Gasteiger partial charge < -0.3 is 10.2 Å². The first-order chi connectivity index (χ1) is 12.5. The maximum absolute atomic E-state index is 13.5. The molecule has 0 bridgehead atoms. The Hall–Kier alpha value is -1.73. The first kappa shape index (κ1) is 20.0. The molecule has 2 aliphatic rings. The molecule has 0 saturated carbocycles. The molecule has 1 aromatic heterocycles. The summed E-state index contributed by atoms with van der Waals surface area (Å²) in [4.78, 5) is 14.3. The van der Waals surface area contributed by atoms with Crippen molar-refractivity contribution in [1.82, 2.24) is 14.7 Å². The molecular formula is C19H29F3N4O. The second-order valence-electron chi connectivity index (χ2n) is 8.76. The molecule has 0 unspecified atom stereocenters. The minimum Gasteiger partial charge on any atom is -0.367 e. The van der Waals surface area contributed by atoms with E-state index in [1.54, 1.807) is 6.07 Å². The fourth-order valence-electron chi connectivity index (χ4n) is 3.99. The molecule has 0 aromatic carbocycles. The van der Waals surface area contributed by atoms with Gasteiger partial charge in [0, 0.05) is 36.5 Å². The first-order valence-corrected chi connectivity index (χ1v) is 9.72. The van der Waals surface area contributed by atoms with Crippen LogP contribution in [0.15, 0.2) is 6.07 Å². The van der Waals surface area contributed by atoms with Crippen LogP contribution in [0.5, 0.6) is 0 Å². The van der Waals surface area contributed by atoms with E-state index >= 15 is 0 Å². The quantitative estimate of drug-likeness (QED) is 0.823. The summed E-state index contributed by atoms with van der Waals surface area (Å²) in [6.45, 7) is 8.83. The summed E-state index contributed by atoms with van der Waals surface area (Å²) >= 11 is 0. The number of halogens is 3. The van der Waals surface area contributed by atoms with Gasteiger partial charge in [0.15, 0.2) is 6.04 Å². The lowest BCUT2D eigenvalue weighted by atomic mass is 9.90. The molecule has 1 aromatic rings. The fourth-order valence-corrected chi connectivity index (χ4v) is 3.99. The van der Waals surface area contributed by atoms with E-state index in [0.29, 0.717) is 31.0 Å². The average Bonchev–Trinajstić information content (AvgIpc) is 3.02. The molecule has 152 valence electrons. The molecular weight excluding hydrogens is 357 g/mol. The normalized spacial score (nSPS) is 24.5. The van der Waals surface area contributed by atoms with Crippen LogP contribution in [0.3, 0.4) is 0 Å². The Bertz CT molecular complexity index is 684. The zero-order valence-electron chi connectivity index (χ0n) is 16.4. The Balaban J connectivity index is 1.75. The third kappa shape index (κ3) is 4.09. The Kier molecular flexibility index (Phi) is 5.20. The zero-order valence-corrected chi connectivity index (χ0v) is 16.4. The topological polar surface area (TPSA) is 50.2 Å². The van der Waals surface area contributed by atoms with Crippen LogP contribution in [0.1, 0.15) is 71.0 Å². The van der Waals surface area contributed by atoms with Crippen molar-refractivity contribution in [3.8, 4) is 0 Å². The van der Waals surface area contributed by atoms with Gasteiger partial charge in [0.2, 0.25) is 5.91 Å². The second kappa shape index (κ2) is 7.02. The minimum absolute atomic E-state index is 0.00660. The van der Waals surface area contributed by atoms with Crippen LogP contribution < -0.4 is 5.32 Å². The van der Waals surface area contributed by atoms with Gasteiger partial charge in [-0.3, -0.25) is 4.79 Å². The van der Waals surface area contributed by atoms with Crippen molar-refractivity contribution in [3.05, 3.63) is 11.8 Å². The summed E-state index contributed by atoms with van der Waals surface area (Å²) in [6, 6.07) is 0.00173. The Morgan fingerprint density at radius 2 is 1.89 bits per heavy atom. The van der Waals surface area contributed by atoms with Crippen LogP contribution in [0, 0.1) is 5.41 Å². The number of carbonyl (C=O) groups excluding carboxylic acids is 1. The number of anilines is 1. The number of fused-ring (bicyclic) bond motifs is 1. The van der Waals surface area contributed by atoms with E-state index in [0.717, 1.165) is 17.5 Å². The number of alkyl halides is 3. The molecule has 5 nitrogen and oxygen atoms in total. The maximum atomic E-state index is 13.5. The maximum Gasteiger partial charge on any atom is 0.410 e. The van der Waals surface area contributed by atoms with E-state index in [4.69, 9.17) is 0 Å². The van der Waals surface area contributed by atoms with Gasteiger partial charge >= 0.3 is 6.18 Å². The van der Waals surface area contributed by atoms with Gasteiger partial charge in [-0.1, -0.05) is 27.7 Å². The number of likely N-dealkylation sites (tertiary alicyclic amines) is 1. The number of nitrogens with one attached hydrogen (secondary N) is 1. The highest BCUT2D eigenvalue weighted by molar-refractivity contribution is 5.81. The van der Waals surface area contributed by atoms with Crippen molar-refractivity contribution in [3.63, 3.8) is 0 Å². The number of nitrogens with zero attached hydrogens (tertiary/aromatic N) is 3. The molecule has 0 radical (unpaired) electrons. The second-order valence-corrected chi connectivity index (χ2v) is 8.76. The number of hydrogen-bond donors (Lipinski definition) is 1. The van der Waals surface area contributed by atoms with Crippen LogP contribution in [0.2, 0.25) is 0 Å². The van der Waals surface area contributed by atoms with E-state index in [1.165, 1.54) is 0 Å². The van der Waals surface area contributed by atoms with Crippen molar-refractivity contribution in [2.45, 2.75) is 77.6 Å². The third-order valence-electron chi connectivity index (χ3n) is 5.62. The molecule has 1 saturated heterocycles. The van der Waals surface area contributed by atoms with Gasteiger partial charge in [-0.25, -0.2) is 4.68 Å². The van der Waals surface area contributed by atoms with E-state index in [1.807, 2.05) is 32.6 Å². The Labute approximate surface area is 158 Å². The lowest BCUT2D eigenvalue weighted by molar-refractivity contribution is -0.173.